The smallest absolute Gasteiger partial charge is 0.292 e. The number of para-hydroxylation sites is 1. The van der Waals surface area contributed by atoms with E-state index >= 15 is 0 Å². The number of aromatic nitrogens is 2. The fraction of sp³-hybridized carbons (Fsp3) is 0.435. The molecule has 4 rings (SSSR count). The second-order valence-corrected chi connectivity index (χ2v) is 8.01. The van der Waals surface area contributed by atoms with E-state index in [0.29, 0.717) is 31.2 Å². The summed E-state index contributed by atoms with van der Waals surface area (Å²) in [4.78, 5) is 19.2. The highest BCUT2D eigenvalue weighted by Gasteiger charge is 2.30. The first kappa shape index (κ1) is 20.2. The van der Waals surface area contributed by atoms with Crippen LogP contribution in [0.25, 0.3) is 0 Å². The van der Waals surface area contributed by atoms with Crippen LogP contribution < -0.4 is 4.74 Å². The maximum Gasteiger partial charge on any atom is 0.292 e. The second-order valence-electron chi connectivity index (χ2n) is 8.01. The summed E-state index contributed by atoms with van der Waals surface area (Å²) in [6, 6.07) is 9.62. The van der Waals surface area contributed by atoms with Gasteiger partial charge in [0.1, 0.15) is 11.5 Å². The van der Waals surface area contributed by atoms with Crippen LogP contribution in [0.1, 0.15) is 72.0 Å². The first-order valence-corrected chi connectivity index (χ1v) is 10.4. The SMILES string of the molecule is COc1ccccc1Cc1cnc(C2CCCN(C(=O)c3cc(C(C)C)no3)C2)o1. The summed E-state index contributed by atoms with van der Waals surface area (Å²) in [5.41, 5.74) is 1.84. The van der Waals surface area contributed by atoms with Gasteiger partial charge in [-0.05, 0) is 24.8 Å². The van der Waals surface area contributed by atoms with Crippen molar-refractivity contribution in [3.8, 4) is 5.75 Å². The minimum Gasteiger partial charge on any atom is -0.496 e. The minimum absolute atomic E-state index is 0.0709. The molecule has 2 aromatic heterocycles. The van der Waals surface area contributed by atoms with Gasteiger partial charge in [-0.2, -0.15) is 0 Å². The van der Waals surface area contributed by atoms with Crippen LogP contribution in [0.15, 0.2) is 45.5 Å². The molecule has 0 bridgehead atoms. The Labute approximate surface area is 176 Å². The fourth-order valence-corrected chi connectivity index (χ4v) is 3.81. The zero-order chi connectivity index (χ0) is 21.1. The molecular formula is C23H27N3O4. The lowest BCUT2D eigenvalue weighted by molar-refractivity contribution is 0.0656. The second kappa shape index (κ2) is 8.73. The molecule has 3 aromatic rings. The number of nitrogens with zero attached hydrogens (tertiary/aromatic N) is 3. The van der Waals surface area contributed by atoms with Gasteiger partial charge < -0.3 is 18.6 Å². The normalized spacial score (nSPS) is 16.8. The Morgan fingerprint density at radius 2 is 2.17 bits per heavy atom. The quantitative estimate of drug-likeness (QED) is 0.600. The lowest BCUT2D eigenvalue weighted by Gasteiger charge is -2.30. The van der Waals surface area contributed by atoms with E-state index in [1.807, 2.05) is 43.0 Å². The Morgan fingerprint density at radius 3 is 2.93 bits per heavy atom. The minimum atomic E-state index is -0.125. The van der Waals surface area contributed by atoms with Gasteiger partial charge in [0, 0.05) is 31.1 Å². The number of amides is 1. The topological polar surface area (TPSA) is 81.6 Å². The molecule has 7 heteroatoms. The third-order valence-electron chi connectivity index (χ3n) is 5.52. The van der Waals surface area contributed by atoms with Gasteiger partial charge in [-0.3, -0.25) is 4.79 Å². The number of carbonyl (C=O) groups excluding carboxylic acids is 1. The molecule has 7 nitrogen and oxygen atoms in total. The number of ether oxygens (including phenoxy) is 1. The molecule has 1 aliphatic heterocycles. The number of methoxy groups -OCH3 is 1. The van der Waals surface area contributed by atoms with Crippen LogP contribution in [-0.4, -0.2) is 41.1 Å². The summed E-state index contributed by atoms with van der Waals surface area (Å²) >= 11 is 0. The van der Waals surface area contributed by atoms with Gasteiger partial charge in [0.05, 0.1) is 24.9 Å². The van der Waals surface area contributed by atoms with Gasteiger partial charge in [0.15, 0.2) is 5.89 Å². The monoisotopic (exact) mass is 409 g/mol. The molecular weight excluding hydrogens is 382 g/mol. The van der Waals surface area contributed by atoms with E-state index in [2.05, 4.69) is 10.1 Å². The Bertz CT molecular complexity index is 1010. The Morgan fingerprint density at radius 1 is 1.33 bits per heavy atom. The van der Waals surface area contributed by atoms with Crippen molar-refractivity contribution in [2.75, 3.05) is 20.2 Å². The molecule has 0 saturated carbocycles. The lowest BCUT2D eigenvalue weighted by atomic mass is 9.97. The molecule has 1 aliphatic rings. The molecule has 1 fully saturated rings. The lowest BCUT2D eigenvalue weighted by Crippen LogP contribution is -2.39. The molecule has 30 heavy (non-hydrogen) atoms. The largest absolute Gasteiger partial charge is 0.496 e. The Kier molecular flexibility index (Phi) is 5.88. The van der Waals surface area contributed by atoms with Crippen LogP contribution in [0.3, 0.4) is 0 Å². The predicted molar refractivity (Wildman–Crippen MR) is 111 cm³/mol. The van der Waals surface area contributed by atoms with Crippen molar-refractivity contribution in [2.24, 2.45) is 0 Å². The van der Waals surface area contributed by atoms with Crippen LogP contribution in [-0.2, 0) is 6.42 Å². The molecule has 0 spiro atoms. The average Bonchev–Trinajstić information content (AvgIpc) is 3.44. The summed E-state index contributed by atoms with van der Waals surface area (Å²) < 4.78 is 16.8. The Balaban J connectivity index is 1.44. The summed E-state index contributed by atoms with van der Waals surface area (Å²) in [6.07, 6.45) is 4.22. The van der Waals surface area contributed by atoms with Crippen molar-refractivity contribution in [1.82, 2.24) is 15.0 Å². The number of benzene rings is 1. The fourth-order valence-electron chi connectivity index (χ4n) is 3.81. The average molecular weight is 409 g/mol. The molecule has 0 N–H and O–H groups in total. The molecule has 1 unspecified atom stereocenters. The van der Waals surface area contributed by atoms with Crippen LogP contribution >= 0.6 is 0 Å². The summed E-state index contributed by atoms with van der Waals surface area (Å²) in [5.74, 6) is 2.76. The standard InChI is InChI=1S/C23H27N3O4/c1-15(2)19-12-21(30-25-19)23(27)26-10-6-8-17(14-26)22-24-13-18(29-22)11-16-7-4-5-9-20(16)28-3/h4-5,7,9,12-13,15,17H,6,8,10-11,14H2,1-3H3. The molecule has 0 aliphatic carbocycles. The van der Waals surface area contributed by atoms with Crippen LogP contribution in [0.4, 0.5) is 0 Å². The first-order chi connectivity index (χ1) is 14.5. The van der Waals surface area contributed by atoms with Crippen molar-refractivity contribution in [3.63, 3.8) is 0 Å². The maximum absolute atomic E-state index is 12.9. The number of hydrogen-bond acceptors (Lipinski definition) is 6. The van der Waals surface area contributed by atoms with Gasteiger partial charge in [-0.15, -0.1) is 0 Å². The van der Waals surface area contributed by atoms with Crippen molar-refractivity contribution >= 4 is 5.91 Å². The van der Waals surface area contributed by atoms with E-state index in [-0.39, 0.29) is 17.7 Å². The number of rotatable bonds is 6. The zero-order valence-corrected chi connectivity index (χ0v) is 17.6. The molecule has 1 atom stereocenters. The molecule has 1 amide bonds. The van der Waals surface area contributed by atoms with Gasteiger partial charge >= 0.3 is 0 Å². The number of likely N-dealkylation sites (tertiary alicyclic amines) is 1. The van der Waals surface area contributed by atoms with Crippen LogP contribution in [0, 0.1) is 0 Å². The van der Waals surface area contributed by atoms with Crippen molar-refractivity contribution < 1.29 is 18.5 Å². The molecule has 0 radical (unpaired) electrons. The first-order valence-electron chi connectivity index (χ1n) is 10.4. The summed E-state index contributed by atoms with van der Waals surface area (Å²) in [7, 11) is 1.66. The van der Waals surface area contributed by atoms with Crippen molar-refractivity contribution in [2.45, 2.75) is 44.9 Å². The van der Waals surface area contributed by atoms with E-state index < -0.39 is 0 Å². The van der Waals surface area contributed by atoms with Crippen LogP contribution in [0.2, 0.25) is 0 Å². The van der Waals surface area contributed by atoms with E-state index in [1.54, 1.807) is 19.4 Å². The van der Waals surface area contributed by atoms with Gasteiger partial charge in [0.2, 0.25) is 5.76 Å². The van der Waals surface area contributed by atoms with Gasteiger partial charge in [-0.1, -0.05) is 37.2 Å². The van der Waals surface area contributed by atoms with E-state index in [4.69, 9.17) is 13.7 Å². The van der Waals surface area contributed by atoms with Crippen molar-refractivity contribution in [1.29, 1.82) is 0 Å². The highest BCUT2D eigenvalue weighted by atomic mass is 16.5. The number of hydrogen-bond donors (Lipinski definition) is 0. The van der Waals surface area contributed by atoms with Crippen molar-refractivity contribution in [3.05, 3.63) is 65.2 Å². The third-order valence-corrected chi connectivity index (χ3v) is 5.52. The highest BCUT2D eigenvalue weighted by molar-refractivity contribution is 5.91. The van der Waals surface area contributed by atoms with Gasteiger partial charge in [0.25, 0.3) is 5.91 Å². The van der Waals surface area contributed by atoms with Gasteiger partial charge in [-0.25, -0.2) is 4.98 Å². The zero-order valence-electron chi connectivity index (χ0n) is 17.6. The van der Waals surface area contributed by atoms with Crippen LogP contribution in [0.5, 0.6) is 5.75 Å². The molecule has 158 valence electrons. The predicted octanol–water partition coefficient (Wildman–Crippen LogP) is 4.41. The summed E-state index contributed by atoms with van der Waals surface area (Å²) in [5, 5.41) is 4.00. The number of oxazole rings is 1. The molecule has 1 saturated heterocycles. The molecule has 3 heterocycles. The highest BCUT2D eigenvalue weighted by Crippen LogP contribution is 2.29. The summed E-state index contributed by atoms with van der Waals surface area (Å²) in [6.45, 7) is 5.30. The molecule has 1 aromatic carbocycles. The number of piperidine rings is 1. The Hall–Kier alpha value is -3.09. The maximum atomic E-state index is 12.9. The van der Waals surface area contributed by atoms with E-state index in [9.17, 15) is 4.79 Å². The van der Waals surface area contributed by atoms with E-state index in [1.165, 1.54) is 0 Å². The number of carbonyl (C=O) groups is 1. The van der Waals surface area contributed by atoms with E-state index in [0.717, 1.165) is 35.6 Å². The third kappa shape index (κ3) is 4.25.